The van der Waals surface area contributed by atoms with E-state index in [-0.39, 0.29) is 18.4 Å². The van der Waals surface area contributed by atoms with E-state index in [4.69, 9.17) is 4.74 Å². The number of hydrogen-bond acceptors (Lipinski definition) is 3. The van der Waals surface area contributed by atoms with Crippen LogP contribution in [0.5, 0.6) is 5.75 Å². The predicted octanol–water partition coefficient (Wildman–Crippen LogP) is 3.21. The van der Waals surface area contributed by atoms with Gasteiger partial charge in [-0.15, -0.1) is 0 Å². The second kappa shape index (κ2) is 9.23. The van der Waals surface area contributed by atoms with Crippen LogP contribution in [0.1, 0.15) is 30.5 Å². The molecule has 0 radical (unpaired) electrons. The van der Waals surface area contributed by atoms with Crippen molar-refractivity contribution in [3.05, 3.63) is 65.7 Å². The minimum Gasteiger partial charge on any atom is -0.497 e. The van der Waals surface area contributed by atoms with E-state index < -0.39 is 10.8 Å². The highest BCUT2D eigenvalue weighted by atomic mass is 32.2. The molecule has 2 rings (SSSR count). The number of nitrogens with one attached hydrogen (secondary N) is 1. The lowest BCUT2D eigenvalue weighted by Gasteiger charge is -2.14. The van der Waals surface area contributed by atoms with E-state index in [1.54, 1.807) is 7.11 Å². The lowest BCUT2D eigenvalue weighted by Crippen LogP contribution is -2.27. The van der Waals surface area contributed by atoms with Gasteiger partial charge in [-0.25, -0.2) is 0 Å². The van der Waals surface area contributed by atoms with Crippen LogP contribution in [0.4, 0.5) is 0 Å². The van der Waals surface area contributed by atoms with Crippen molar-refractivity contribution in [2.75, 3.05) is 12.9 Å². The van der Waals surface area contributed by atoms with Crippen LogP contribution in [0, 0.1) is 0 Å². The summed E-state index contributed by atoms with van der Waals surface area (Å²) >= 11 is 0. The molecule has 4 nitrogen and oxygen atoms in total. The number of methoxy groups -OCH3 is 1. The minimum absolute atomic E-state index is 0.0504. The Morgan fingerprint density at radius 1 is 1.17 bits per heavy atom. The molecular weight excluding hydrogens is 322 g/mol. The summed E-state index contributed by atoms with van der Waals surface area (Å²) in [6.07, 6.45) is 0.258. The highest BCUT2D eigenvalue weighted by molar-refractivity contribution is 7.84. The first-order valence-corrected chi connectivity index (χ1v) is 9.39. The fraction of sp³-hybridized carbons (Fsp3) is 0.316. The molecule has 0 bridgehead atoms. The third-order valence-corrected chi connectivity index (χ3v) is 5.01. The molecule has 0 fully saturated rings. The minimum atomic E-state index is -1.08. The van der Waals surface area contributed by atoms with Crippen molar-refractivity contribution in [3.8, 4) is 5.75 Å². The third-order valence-electron chi connectivity index (χ3n) is 3.70. The summed E-state index contributed by atoms with van der Waals surface area (Å²) < 4.78 is 17.3. The molecule has 0 heterocycles. The topological polar surface area (TPSA) is 55.4 Å². The molecule has 2 aromatic carbocycles. The number of carbonyl (C=O) groups is 1. The highest BCUT2D eigenvalue weighted by Gasteiger charge is 2.11. The van der Waals surface area contributed by atoms with Crippen molar-refractivity contribution in [1.29, 1.82) is 0 Å². The number of benzene rings is 2. The maximum absolute atomic E-state index is 12.2. The number of amides is 1. The molecule has 128 valence electrons. The maximum Gasteiger partial charge on any atom is 0.221 e. The van der Waals surface area contributed by atoms with Gasteiger partial charge in [0.15, 0.2) is 0 Å². The molecule has 24 heavy (non-hydrogen) atoms. The van der Waals surface area contributed by atoms with Crippen molar-refractivity contribution in [2.45, 2.75) is 25.1 Å². The van der Waals surface area contributed by atoms with Crippen LogP contribution in [-0.2, 0) is 21.3 Å². The van der Waals surface area contributed by atoms with Gasteiger partial charge < -0.3 is 10.1 Å². The Kier molecular flexibility index (Phi) is 7.00. The predicted molar refractivity (Wildman–Crippen MR) is 97.3 cm³/mol. The zero-order valence-corrected chi connectivity index (χ0v) is 14.8. The lowest BCUT2D eigenvalue weighted by molar-refractivity contribution is -0.121. The average Bonchev–Trinajstić information content (AvgIpc) is 2.61. The smallest absolute Gasteiger partial charge is 0.221 e. The summed E-state index contributed by atoms with van der Waals surface area (Å²) in [5.41, 5.74) is 2.01. The lowest BCUT2D eigenvalue weighted by atomic mass is 10.1. The molecule has 0 spiro atoms. The Morgan fingerprint density at radius 2 is 1.92 bits per heavy atom. The summed E-state index contributed by atoms with van der Waals surface area (Å²) in [5, 5.41) is 2.94. The SMILES string of the molecule is COc1cccc(C[S@@](=O)CCC(=O)N[C@@H](C)c2ccccc2)c1. The van der Waals surface area contributed by atoms with E-state index in [0.717, 1.165) is 16.9 Å². The normalized spacial score (nSPS) is 13.1. The number of hydrogen-bond donors (Lipinski definition) is 1. The van der Waals surface area contributed by atoms with E-state index in [1.807, 2.05) is 61.5 Å². The molecule has 1 amide bonds. The van der Waals surface area contributed by atoms with Crippen molar-refractivity contribution < 1.29 is 13.7 Å². The van der Waals surface area contributed by atoms with Gasteiger partial charge in [0, 0.05) is 28.7 Å². The Labute approximate surface area is 145 Å². The highest BCUT2D eigenvalue weighted by Crippen LogP contribution is 2.14. The van der Waals surface area contributed by atoms with E-state index in [1.165, 1.54) is 0 Å². The number of ether oxygens (including phenoxy) is 1. The van der Waals surface area contributed by atoms with Gasteiger partial charge in [-0.2, -0.15) is 0 Å². The molecule has 0 aromatic heterocycles. The molecule has 5 heteroatoms. The molecule has 2 aromatic rings. The first-order valence-electron chi connectivity index (χ1n) is 7.90. The molecule has 1 N–H and O–H groups in total. The van der Waals surface area contributed by atoms with Crippen molar-refractivity contribution in [1.82, 2.24) is 5.32 Å². The van der Waals surface area contributed by atoms with E-state index in [9.17, 15) is 9.00 Å². The van der Waals surface area contributed by atoms with Crippen LogP contribution < -0.4 is 10.1 Å². The maximum atomic E-state index is 12.2. The Morgan fingerprint density at radius 3 is 2.62 bits per heavy atom. The molecule has 0 aliphatic rings. The number of rotatable bonds is 8. The fourth-order valence-electron chi connectivity index (χ4n) is 2.37. The van der Waals surface area contributed by atoms with Gasteiger partial charge in [-0.05, 0) is 30.2 Å². The molecule has 0 saturated heterocycles. The van der Waals surface area contributed by atoms with Gasteiger partial charge in [-0.1, -0.05) is 42.5 Å². The molecule has 2 atom stereocenters. The Hall–Kier alpha value is -2.14. The van der Waals surface area contributed by atoms with Crippen LogP contribution in [0.3, 0.4) is 0 Å². The molecule has 0 saturated carbocycles. The van der Waals surface area contributed by atoms with Gasteiger partial charge in [0.25, 0.3) is 0 Å². The van der Waals surface area contributed by atoms with E-state index >= 15 is 0 Å². The van der Waals surface area contributed by atoms with Crippen molar-refractivity contribution >= 4 is 16.7 Å². The summed E-state index contributed by atoms with van der Waals surface area (Å²) in [5.74, 6) is 1.45. The van der Waals surface area contributed by atoms with Gasteiger partial charge in [-0.3, -0.25) is 9.00 Å². The van der Waals surface area contributed by atoms with Crippen LogP contribution in [0.15, 0.2) is 54.6 Å². The molecule has 0 aliphatic heterocycles. The zero-order chi connectivity index (χ0) is 17.4. The van der Waals surface area contributed by atoms with E-state index in [0.29, 0.717) is 11.5 Å². The van der Waals surface area contributed by atoms with Crippen LogP contribution in [0.2, 0.25) is 0 Å². The summed E-state index contributed by atoms with van der Waals surface area (Å²) in [6.45, 7) is 1.94. The summed E-state index contributed by atoms with van der Waals surface area (Å²) in [6, 6.07) is 17.3. The first kappa shape index (κ1) is 18.2. The first-order chi connectivity index (χ1) is 11.6. The number of carbonyl (C=O) groups excluding carboxylic acids is 1. The van der Waals surface area contributed by atoms with Crippen molar-refractivity contribution in [3.63, 3.8) is 0 Å². The van der Waals surface area contributed by atoms with Crippen molar-refractivity contribution in [2.24, 2.45) is 0 Å². The van der Waals surface area contributed by atoms with Gasteiger partial charge in [0.1, 0.15) is 5.75 Å². The summed E-state index contributed by atoms with van der Waals surface area (Å²) in [4.78, 5) is 12.0. The summed E-state index contributed by atoms with van der Waals surface area (Å²) in [7, 11) is 0.528. The quantitative estimate of drug-likeness (QED) is 0.799. The Bertz CT molecular complexity index is 688. The Balaban J connectivity index is 1.77. The van der Waals surface area contributed by atoms with Gasteiger partial charge in [0.2, 0.25) is 5.91 Å². The van der Waals surface area contributed by atoms with Crippen LogP contribution in [-0.4, -0.2) is 23.0 Å². The van der Waals surface area contributed by atoms with E-state index in [2.05, 4.69) is 5.32 Å². The van der Waals surface area contributed by atoms with Crippen LogP contribution in [0.25, 0.3) is 0 Å². The average molecular weight is 345 g/mol. The second-order valence-electron chi connectivity index (χ2n) is 5.59. The molecule has 0 aliphatic carbocycles. The molecular formula is C19H23NO3S. The monoisotopic (exact) mass is 345 g/mol. The molecule has 0 unspecified atom stereocenters. The zero-order valence-electron chi connectivity index (χ0n) is 14.0. The standard InChI is InChI=1S/C19H23NO3S/c1-15(17-8-4-3-5-9-17)20-19(21)11-12-24(22)14-16-7-6-10-18(13-16)23-2/h3-10,13,15H,11-12,14H2,1-2H3,(H,20,21)/t15-,24-/m0/s1. The third kappa shape index (κ3) is 5.81. The van der Waals surface area contributed by atoms with Gasteiger partial charge in [0.05, 0.1) is 13.2 Å². The largest absolute Gasteiger partial charge is 0.497 e. The second-order valence-corrected chi connectivity index (χ2v) is 7.17. The van der Waals surface area contributed by atoms with Crippen LogP contribution >= 0.6 is 0 Å². The van der Waals surface area contributed by atoms with Gasteiger partial charge >= 0.3 is 0 Å². The fourth-order valence-corrected chi connectivity index (χ4v) is 3.47.